The number of rotatable bonds is 6. The Labute approximate surface area is 151 Å². The molecule has 0 radical (unpaired) electrons. The fraction of sp³-hybridized carbons (Fsp3) is 0.250. The Kier molecular flexibility index (Phi) is 5.02. The molecule has 0 atom stereocenters. The van der Waals surface area contributed by atoms with Crippen LogP contribution in [0.4, 0.5) is 0 Å². The van der Waals surface area contributed by atoms with Crippen LogP contribution in [0, 0.1) is 0 Å². The van der Waals surface area contributed by atoms with Gasteiger partial charge in [-0.25, -0.2) is 4.79 Å². The van der Waals surface area contributed by atoms with Crippen molar-refractivity contribution in [3.8, 4) is 17.0 Å². The number of pyridine rings is 2. The van der Waals surface area contributed by atoms with Gasteiger partial charge in [0.1, 0.15) is 5.75 Å². The molecule has 3 aromatic heterocycles. The molecule has 3 heterocycles. The summed E-state index contributed by atoms with van der Waals surface area (Å²) in [6.45, 7) is 4.17. The molecule has 0 N–H and O–H groups in total. The zero-order valence-corrected chi connectivity index (χ0v) is 15.0. The molecule has 0 saturated carbocycles. The quantitative estimate of drug-likeness (QED) is 0.499. The van der Waals surface area contributed by atoms with Gasteiger partial charge in [0.2, 0.25) is 0 Å². The number of hydrogen-bond acceptors (Lipinski definition) is 5. The van der Waals surface area contributed by atoms with Crippen LogP contribution in [0.1, 0.15) is 41.1 Å². The number of fused-ring (bicyclic) bond motifs is 1. The maximum absolute atomic E-state index is 12.0. The van der Waals surface area contributed by atoms with Crippen LogP contribution >= 0.6 is 0 Å². The zero-order chi connectivity index (χ0) is 18.7. The summed E-state index contributed by atoms with van der Waals surface area (Å²) in [5, 5.41) is 0. The summed E-state index contributed by atoms with van der Waals surface area (Å²) in [5.41, 5.74) is 3.08. The van der Waals surface area contributed by atoms with Crippen molar-refractivity contribution < 1.29 is 19.1 Å². The fourth-order valence-corrected chi connectivity index (χ4v) is 2.79. The maximum Gasteiger partial charge on any atom is 0.337 e. The molecule has 0 aliphatic carbocycles. The van der Waals surface area contributed by atoms with Gasteiger partial charge in [0.15, 0.2) is 5.78 Å². The van der Waals surface area contributed by atoms with Crippen molar-refractivity contribution in [1.82, 2.24) is 9.38 Å². The average molecular weight is 352 g/mol. The second-order valence-corrected chi connectivity index (χ2v) is 5.89. The lowest BCUT2D eigenvalue weighted by Crippen LogP contribution is -2.01. The summed E-state index contributed by atoms with van der Waals surface area (Å²) in [7, 11) is 1.33. The van der Waals surface area contributed by atoms with Crippen molar-refractivity contribution in [1.29, 1.82) is 0 Å². The Morgan fingerprint density at radius 1 is 1.19 bits per heavy atom. The molecule has 0 aliphatic heterocycles. The van der Waals surface area contributed by atoms with E-state index in [4.69, 9.17) is 9.47 Å². The standard InChI is InChI=1S/C20H20N2O4/c1-4-9-26-15-6-8-22-18(13(2)23)12-16(19(22)11-15)17-10-14(5-7-21-17)20(24)25-3/h5-8,10-12H,4,9H2,1-3H3. The first-order valence-electron chi connectivity index (χ1n) is 8.38. The summed E-state index contributed by atoms with van der Waals surface area (Å²) >= 11 is 0. The van der Waals surface area contributed by atoms with E-state index in [1.807, 2.05) is 29.7 Å². The van der Waals surface area contributed by atoms with Crippen LogP contribution in [-0.2, 0) is 4.74 Å². The van der Waals surface area contributed by atoms with Gasteiger partial charge >= 0.3 is 5.97 Å². The van der Waals surface area contributed by atoms with Crippen LogP contribution in [-0.4, -0.2) is 34.9 Å². The molecule has 0 amide bonds. The molecule has 0 unspecified atom stereocenters. The highest BCUT2D eigenvalue weighted by molar-refractivity contribution is 5.98. The number of hydrogen-bond donors (Lipinski definition) is 0. The molecule has 0 aliphatic rings. The third-order valence-electron chi connectivity index (χ3n) is 4.03. The average Bonchev–Trinajstić information content (AvgIpc) is 3.05. The van der Waals surface area contributed by atoms with Gasteiger partial charge in [0, 0.05) is 30.9 Å². The Balaban J connectivity index is 2.18. The van der Waals surface area contributed by atoms with Crippen LogP contribution in [0.2, 0.25) is 0 Å². The van der Waals surface area contributed by atoms with E-state index in [2.05, 4.69) is 4.98 Å². The van der Waals surface area contributed by atoms with Crippen molar-refractivity contribution in [3.05, 3.63) is 54.0 Å². The molecule has 0 fully saturated rings. The Morgan fingerprint density at radius 3 is 2.69 bits per heavy atom. The minimum absolute atomic E-state index is 0.0578. The number of esters is 1. The SMILES string of the molecule is CCCOc1ccn2c(C(C)=O)cc(-c3cc(C(=O)OC)ccn3)c2c1. The molecule has 0 bridgehead atoms. The topological polar surface area (TPSA) is 69.9 Å². The van der Waals surface area contributed by atoms with Gasteiger partial charge in [-0.05, 0) is 30.7 Å². The van der Waals surface area contributed by atoms with E-state index < -0.39 is 5.97 Å². The minimum Gasteiger partial charge on any atom is -0.493 e. The van der Waals surface area contributed by atoms with Gasteiger partial charge in [-0.15, -0.1) is 0 Å². The smallest absolute Gasteiger partial charge is 0.337 e. The van der Waals surface area contributed by atoms with Gasteiger partial charge in [0.25, 0.3) is 0 Å². The van der Waals surface area contributed by atoms with E-state index in [0.717, 1.165) is 23.3 Å². The second-order valence-electron chi connectivity index (χ2n) is 5.89. The number of aromatic nitrogens is 2. The Hall–Kier alpha value is -3.15. The van der Waals surface area contributed by atoms with Crippen molar-refractivity contribution in [2.75, 3.05) is 13.7 Å². The van der Waals surface area contributed by atoms with Crippen LogP contribution < -0.4 is 4.74 Å². The third-order valence-corrected chi connectivity index (χ3v) is 4.03. The molecule has 6 nitrogen and oxygen atoms in total. The lowest BCUT2D eigenvalue weighted by atomic mass is 10.1. The van der Waals surface area contributed by atoms with Gasteiger partial charge in [0.05, 0.1) is 36.2 Å². The normalized spacial score (nSPS) is 10.7. The lowest BCUT2D eigenvalue weighted by Gasteiger charge is -2.07. The predicted octanol–water partition coefficient (Wildman–Crippen LogP) is 3.78. The number of carbonyl (C=O) groups is 2. The van der Waals surface area contributed by atoms with Gasteiger partial charge in [-0.2, -0.15) is 0 Å². The summed E-state index contributed by atoms with van der Waals surface area (Å²) in [5.74, 6) is 0.228. The Bertz CT molecular complexity index is 975. The van der Waals surface area contributed by atoms with Gasteiger partial charge in [-0.3, -0.25) is 9.78 Å². The number of carbonyl (C=O) groups excluding carboxylic acids is 2. The van der Waals surface area contributed by atoms with Crippen molar-refractivity contribution >= 4 is 17.3 Å². The van der Waals surface area contributed by atoms with E-state index in [9.17, 15) is 9.59 Å². The molecule has 6 heteroatoms. The van der Waals surface area contributed by atoms with Crippen molar-refractivity contribution in [2.45, 2.75) is 20.3 Å². The molecule has 0 spiro atoms. The van der Waals surface area contributed by atoms with Crippen LogP contribution in [0.15, 0.2) is 42.7 Å². The minimum atomic E-state index is -0.434. The highest BCUT2D eigenvalue weighted by atomic mass is 16.5. The number of ether oxygens (including phenoxy) is 2. The van der Waals surface area contributed by atoms with Crippen LogP contribution in [0.25, 0.3) is 16.8 Å². The number of nitrogens with zero attached hydrogens (tertiary/aromatic N) is 2. The van der Waals surface area contributed by atoms with E-state index in [-0.39, 0.29) is 5.78 Å². The van der Waals surface area contributed by atoms with E-state index in [1.54, 1.807) is 24.4 Å². The largest absolute Gasteiger partial charge is 0.493 e. The number of ketones is 1. The highest BCUT2D eigenvalue weighted by Gasteiger charge is 2.17. The van der Waals surface area contributed by atoms with Crippen LogP contribution in [0.5, 0.6) is 5.75 Å². The first-order valence-corrected chi connectivity index (χ1v) is 8.38. The molecule has 3 rings (SSSR count). The predicted molar refractivity (Wildman–Crippen MR) is 97.8 cm³/mol. The first kappa shape index (κ1) is 17.7. The molecule has 0 aromatic carbocycles. The third kappa shape index (κ3) is 3.31. The fourth-order valence-electron chi connectivity index (χ4n) is 2.79. The van der Waals surface area contributed by atoms with E-state index >= 15 is 0 Å². The molecule has 26 heavy (non-hydrogen) atoms. The summed E-state index contributed by atoms with van der Waals surface area (Å²) in [6.07, 6.45) is 4.27. The summed E-state index contributed by atoms with van der Waals surface area (Å²) < 4.78 is 12.3. The van der Waals surface area contributed by atoms with Crippen molar-refractivity contribution in [3.63, 3.8) is 0 Å². The summed E-state index contributed by atoms with van der Waals surface area (Å²) in [6, 6.07) is 8.74. The molecular formula is C20H20N2O4. The molecule has 134 valence electrons. The second kappa shape index (κ2) is 7.39. The maximum atomic E-state index is 12.0. The Morgan fingerprint density at radius 2 is 2.00 bits per heavy atom. The summed E-state index contributed by atoms with van der Waals surface area (Å²) in [4.78, 5) is 28.2. The molecule has 0 saturated heterocycles. The number of methoxy groups -OCH3 is 1. The lowest BCUT2D eigenvalue weighted by molar-refractivity contribution is 0.0600. The zero-order valence-electron chi connectivity index (χ0n) is 15.0. The van der Waals surface area contributed by atoms with E-state index in [0.29, 0.717) is 23.6 Å². The molecular weight excluding hydrogens is 332 g/mol. The monoisotopic (exact) mass is 352 g/mol. The van der Waals surface area contributed by atoms with E-state index in [1.165, 1.54) is 14.0 Å². The van der Waals surface area contributed by atoms with Gasteiger partial charge in [-0.1, -0.05) is 6.92 Å². The first-order chi connectivity index (χ1) is 12.5. The van der Waals surface area contributed by atoms with Gasteiger partial charge < -0.3 is 13.9 Å². The highest BCUT2D eigenvalue weighted by Crippen LogP contribution is 2.30. The molecule has 3 aromatic rings. The number of Topliss-reactive ketones (excluding diaryl/α,β-unsaturated/α-hetero) is 1. The van der Waals surface area contributed by atoms with Crippen molar-refractivity contribution in [2.24, 2.45) is 0 Å². The van der Waals surface area contributed by atoms with Crippen LogP contribution in [0.3, 0.4) is 0 Å².